The van der Waals surface area contributed by atoms with Crippen molar-refractivity contribution in [1.82, 2.24) is 10.2 Å². The zero-order valence-corrected chi connectivity index (χ0v) is 25.3. The standard InChI is InChI=1S/C33H37N3O8/c1-6-16-12-18(14-35-30(43)17-10-8-7-9-11-17)23(37)20-19(16)13-31(2)15-32(3)26(36(4)5)25(39)21(29(34)42)27(40)33(32,44)28(41)22(31)24(20)38/h7-12,26,37-38,40,44H,6,13-15H2,1-5H3,(H2,34,42)(H,35,43)/t26-,31+,32+,33-/m1/s1. The highest BCUT2D eigenvalue weighted by Gasteiger charge is 2.72. The van der Waals surface area contributed by atoms with Crippen molar-refractivity contribution in [2.75, 3.05) is 14.1 Å². The van der Waals surface area contributed by atoms with Gasteiger partial charge in [-0.25, -0.2) is 0 Å². The Morgan fingerprint density at radius 3 is 2.27 bits per heavy atom. The van der Waals surface area contributed by atoms with Gasteiger partial charge in [-0.15, -0.1) is 0 Å². The molecule has 5 rings (SSSR count). The first-order chi connectivity index (χ1) is 20.5. The second-order valence-corrected chi connectivity index (χ2v) is 12.7. The maximum absolute atomic E-state index is 14.4. The minimum absolute atomic E-state index is 0.00372. The predicted molar refractivity (Wildman–Crippen MR) is 160 cm³/mol. The lowest BCUT2D eigenvalue weighted by Gasteiger charge is -2.59. The molecule has 11 nitrogen and oxygen atoms in total. The number of phenolic OH excluding ortho intramolecular Hbond substituents is 1. The summed E-state index contributed by atoms with van der Waals surface area (Å²) in [6.45, 7) is 5.07. The molecule has 0 heterocycles. The van der Waals surface area contributed by atoms with Crippen LogP contribution in [-0.4, -0.2) is 74.4 Å². The third-order valence-electron chi connectivity index (χ3n) is 9.66. The molecule has 4 atom stereocenters. The molecule has 1 fully saturated rings. The Morgan fingerprint density at radius 2 is 1.70 bits per heavy atom. The molecule has 0 unspecified atom stereocenters. The number of nitrogens with two attached hydrogens (primary N) is 1. The van der Waals surface area contributed by atoms with Gasteiger partial charge in [0.25, 0.3) is 11.8 Å². The first-order valence-electron chi connectivity index (χ1n) is 14.4. The molecule has 3 aliphatic carbocycles. The molecule has 232 valence electrons. The second kappa shape index (κ2) is 10.3. The molecular formula is C33H37N3O8. The van der Waals surface area contributed by atoms with Crippen molar-refractivity contribution in [2.24, 2.45) is 16.6 Å². The molecular weight excluding hydrogens is 566 g/mol. The van der Waals surface area contributed by atoms with Crippen LogP contribution in [0.25, 0.3) is 5.76 Å². The Bertz CT molecular complexity index is 1690. The van der Waals surface area contributed by atoms with Crippen LogP contribution >= 0.6 is 0 Å². The van der Waals surface area contributed by atoms with Crippen molar-refractivity contribution < 1.29 is 39.6 Å². The molecule has 0 aliphatic heterocycles. The number of carbonyl (C=O) groups is 4. The van der Waals surface area contributed by atoms with E-state index in [9.17, 15) is 39.6 Å². The van der Waals surface area contributed by atoms with Crippen molar-refractivity contribution in [3.8, 4) is 5.75 Å². The lowest BCUT2D eigenvalue weighted by atomic mass is 9.46. The van der Waals surface area contributed by atoms with Crippen molar-refractivity contribution in [3.05, 3.63) is 81.1 Å². The number of aromatic hydroxyl groups is 1. The van der Waals surface area contributed by atoms with Crippen molar-refractivity contribution in [3.63, 3.8) is 0 Å². The normalized spacial score (nSPS) is 28.0. The van der Waals surface area contributed by atoms with E-state index in [-0.39, 0.29) is 42.2 Å². The number of benzene rings is 2. The van der Waals surface area contributed by atoms with Gasteiger partial charge in [0.1, 0.15) is 22.8 Å². The van der Waals surface area contributed by atoms with E-state index in [4.69, 9.17) is 5.73 Å². The monoisotopic (exact) mass is 603 g/mol. The molecule has 0 bridgehead atoms. The maximum Gasteiger partial charge on any atom is 0.255 e. The summed E-state index contributed by atoms with van der Waals surface area (Å²) in [5.41, 5.74) is 0.853. The number of rotatable bonds is 6. The van der Waals surface area contributed by atoms with E-state index in [0.717, 1.165) is 5.56 Å². The summed E-state index contributed by atoms with van der Waals surface area (Å²) in [4.78, 5) is 54.5. The summed E-state index contributed by atoms with van der Waals surface area (Å²) in [6, 6.07) is 9.07. The molecule has 2 aromatic rings. The van der Waals surface area contributed by atoms with Crippen LogP contribution in [-0.2, 0) is 33.8 Å². The number of fused-ring (bicyclic) bond motifs is 3. The van der Waals surface area contributed by atoms with Gasteiger partial charge in [0.2, 0.25) is 5.78 Å². The summed E-state index contributed by atoms with van der Waals surface area (Å²) in [5, 5.41) is 49.4. The van der Waals surface area contributed by atoms with E-state index in [0.29, 0.717) is 23.1 Å². The number of hydrogen-bond donors (Lipinski definition) is 6. The smallest absolute Gasteiger partial charge is 0.255 e. The number of likely N-dealkylation sites (N-methyl/N-ethyl adjacent to an activating group) is 1. The summed E-state index contributed by atoms with van der Waals surface area (Å²) >= 11 is 0. The highest BCUT2D eigenvalue weighted by atomic mass is 16.3. The zero-order valence-electron chi connectivity index (χ0n) is 25.3. The first kappa shape index (κ1) is 31.0. The highest BCUT2D eigenvalue weighted by molar-refractivity contribution is 6.25. The number of phenols is 1. The van der Waals surface area contributed by atoms with Crippen molar-refractivity contribution in [2.45, 2.75) is 58.2 Å². The Hall–Kier alpha value is -4.48. The number of hydrogen-bond acceptors (Lipinski definition) is 9. The fraction of sp³-hybridized carbons (Fsp3) is 0.394. The van der Waals surface area contributed by atoms with Gasteiger partial charge in [0, 0.05) is 34.1 Å². The fourth-order valence-electron chi connectivity index (χ4n) is 7.84. The molecule has 0 spiro atoms. The van der Waals surface area contributed by atoms with E-state index in [1.807, 2.05) is 6.92 Å². The maximum atomic E-state index is 14.4. The molecule has 2 amide bonds. The lowest BCUT2D eigenvalue weighted by molar-refractivity contribution is -0.176. The second-order valence-electron chi connectivity index (χ2n) is 12.7. The molecule has 11 heteroatoms. The predicted octanol–water partition coefficient (Wildman–Crippen LogP) is 2.24. The summed E-state index contributed by atoms with van der Waals surface area (Å²) in [5.74, 6) is -5.63. The van der Waals surface area contributed by atoms with Crippen LogP contribution < -0.4 is 11.1 Å². The zero-order chi connectivity index (χ0) is 32.5. The summed E-state index contributed by atoms with van der Waals surface area (Å²) in [7, 11) is 3.12. The minimum atomic E-state index is -2.79. The number of aliphatic hydroxyl groups is 3. The van der Waals surface area contributed by atoms with Gasteiger partial charge >= 0.3 is 0 Å². The number of carbonyl (C=O) groups excluding carboxylic acids is 4. The fourth-order valence-corrected chi connectivity index (χ4v) is 7.84. The summed E-state index contributed by atoms with van der Waals surface area (Å²) in [6.07, 6.45) is 0.610. The number of aryl methyl sites for hydroxylation is 1. The van der Waals surface area contributed by atoms with Crippen LogP contribution in [0.15, 0.2) is 53.3 Å². The average Bonchev–Trinajstić information content (AvgIpc) is 2.94. The Kier molecular flexibility index (Phi) is 7.26. The van der Waals surface area contributed by atoms with Crippen molar-refractivity contribution in [1.29, 1.82) is 0 Å². The van der Waals surface area contributed by atoms with Gasteiger partial charge in [-0.3, -0.25) is 24.1 Å². The van der Waals surface area contributed by atoms with Crippen LogP contribution in [0.1, 0.15) is 59.8 Å². The van der Waals surface area contributed by atoms with Gasteiger partial charge in [-0.2, -0.15) is 0 Å². The number of amides is 2. The van der Waals surface area contributed by atoms with E-state index in [1.165, 1.54) is 11.8 Å². The average molecular weight is 604 g/mol. The SMILES string of the molecule is CCc1cc(CNC(=O)c2ccccc2)c(O)c2c1C[C@@]1(C)C[C@@]3(C)[C@H](N(C)C)C(=O)C(C(N)=O)=C(O)[C@@]3(O)C(=O)C1=C2O. The number of Topliss-reactive ketones (excluding diaryl/α,β-unsaturated/α-hetero) is 2. The number of nitrogens with zero attached hydrogens (tertiary/aromatic N) is 1. The topological polar surface area (TPSA) is 190 Å². The number of aliphatic hydroxyl groups excluding tert-OH is 2. The third kappa shape index (κ3) is 4.10. The molecule has 7 N–H and O–H groups in total. The van der Waals surface area contributed by atoms with Gasteiger partial charge < -0.3 is 31.5 Å². The van der Waals surface area contributed by atoms with Gasteiger partial charge in [0.05, 0.1) is 11.6 Å². The van der Waals surface area contributed by atoms with E-state index < -0.39 is 57.0 Å². The summed E-state index contributed by atoms with van der Waals surface area (Å²) < 4.78 is 0. The molecule has 3 aliphatic rings. The van der Waals surface area contributed by atoms with Gasteiger partial charge in [-0.1, -0.05) is 45.0 Å². The van der Waals surface area contributed by atoms with Gasteiger partial charge in [-0.05, 0) is 56.6 Å². The number of nitrogens with one attached hydrogen (secondary N) is 1. The molecule has 2 aromatic carbocycles. The molecule has 0 aromatic heterocycles. The molecule has 44 heavy (non-hydrogen) atoms. The largest absolute Gasteiger partial charge is 0.508 e. The van der Waals surface area contributed by atoms with E-state index >= 15 is 0 Å². The van der Waals surface area contributed by atoms with E-state index in [1.54, 1.807) is 57.4 Å². The van der Waals surface area contributed by atoms with Gasteiger partial charge in [0.15, 0.2) is 11.4 Å². The quantitative estimate of drug-likeness (QED) is 0.269. The number of ketones is 2. The van der Waals surface area contributed by atoms with E-state index in [2.05, 4.69) is 5.32 Å². The Labute approximate surface area is 254 Å². The van der Waals surface area contributed by atoms with Crippen LogP contribution in [0.2, 0.25) is 0 Å². The number of primary amides is 1. The Balaban J connectivity index is 1.69. The van der Waals surface area contributed by atoms with Crippen LogP contribution in [0.3, 0.4) is 0 Å². The minimum Gasteiger partial charge on any atom is -0.508 e. The van der Waals surface area contributed by atoms with Crippen molar-refractivity contribution >= 4 is 29.1 Å². The lowest BCUT2D eigenvalue weighted by Crippen LogP contribution is -2.72. The molecule has 0 radical (unpaired) electrons. The van der Waals surface area contributed by atoms with Crippen LogP contribution in [0.5, 0.6) is 5.75 Å². The third-order valence-corrected chi connectivity index (χ3v) is 9.66. The highest BCUT2D eigenvalue weighted by Crippen LogP contribution is 2.63. The first-order valence-corrected chi connectivity index (χ1v) is 14.4. The molecule has 0 saturated heterocycles. The molecule has 1 saturated carbocycles. The van der Waals surface area contributed by atoms with Crippen LogP contribution in [0.4, 0.5) is 0 Å². The Morgan fingerprint density at radius 1 is 1.07 bits per heavy atom. The van der Waals surface area contributed by atoms with Crippen LogP contribution in [0, 0.1) is 10.8 Å².